The third kappa shape index (κ3) is 4.62. The molecule has 3 aromatic rings. The van der Waals surface area contributed by atoms with Gasteiger partial charge in [-0.2, -0.15) is 0 Å². The minimum Gasteiger partial charge on any atom is -0.346 e. The molecule has 1 aromatic heterocycles. The van der Waals surface area contributed by atoms with Gasteiger partial charge >= 0.3 is 0 Å². The van der Waals surface area contributed by atoms with Crippen LogP contribution in [0.5, 0.6) is 0 Å². The van der Waals surface area contributed by atoms with Gasteiger partial charge in [0.25, 0.3) is 11.8 Å². The van der Waals surface area contributed by atoms with Gasteiger partial charge in [-0.1, -0.05) is 59.3 Å². The van der Waals surface area contributed by atoms with E-state index in [1.165, 1.54) is 0 Å². The Labute approximate surface area is 152 Å². The van der Waals surface area contributed by atoms with Gasteiger partial charge in [-0.3, -0.25) is 9.59 Å². The number of amides is 2. The molecule has 0 saturated heterocycles. The summed E-state index contributed by atoms with van der Waals surface area (Å²) in [6.07, 6.45) is 0. The van der Waals surface area contributed by atoms with E-state index in [0.29, 0.717) is 17.3 Å². The summed E-state index contributed by atoms with van der Waals surface area (Å²) in [5.74, 6) is -0.815. The van der Waals surface area contributed by atoms with Crippen molar-refractivity contribution >= 4 is 40.4 Å². The van der Waals surface area contributed by atoms with Crippen molar-refractivity contribution in [1.29, 1.82) is 0 Å². The highest BCUT2D eigenvalue weighted by Gasteiger charge is 2.17. The smallest absolute Gasteiger partial charge is 0.286 e. The van der Waals surface area contributed by atoms with E-state index in [1.54, 1.807) is 24.3 Å². The summed E-state index contributed by atoms with van der Waals surface area (Å²) in [6.45, 7) is 0.378. The van der Waals surface area contributed by atoms with Crippen LogP contribution in [0.4, 0.5) is 5.69 Å². The molecule has 8 heteroatoms. The molecule has 0 atom stereocenters. The molecule has 3 rings (SSSR count). The van der Waals surface area contributed by atoms with Crippen molar-refractivity contribution in [3.05, 3.63) is 75.2 Å². The first kappa shape index (κ1) is 17.1. The molecule has 2 aromatic carbocycles. The maximum absolute atomic E-state index is 12.2. The zero-order valence-electron chi connectivity index (χ0n) is 12.9. The third-order valence-electron chi connectivity index (χ3n) is 3.19. The van der Waals surface area contributed by atoms with Crippen LogP contribution < -0.4 is 10.6 Å². The summed E-state index contributed by atoms with van der Waals surface area (Å²) < 4.78 is 0. The summed E-state index contributed by atoms with van der Waals surface area (Å²) in [7, 11) is 0. The van der Waals surface area contributed by atoms with E-state index in [1.807, 2.05) is 30.3 Å². The lowest BCUT2D eigenvalue weighted by atomic mass is 10.2. The normalized spacial score (nSPS) is 10.3. The highest BCUT2D eigenvalue weighted by molar-refractivity contribution is 7.15. The Balaban J connectivity index is 1.61. The van der Waals surface area contributed by atoms with Crippen LogP contribution in [0.2, 0.25) is 5.02 Å². The standard InChI is InChI=1S/C17H13ClN4O2S/c18-12-7-4-8-13(9-12)20-15(24)17-22-21-16(25-17)14(23)19-10-11-5-2-1-3-6-11/h1-9H,10H2,(H,19,23)(H,20,24). The number of rotatable bonds is 5. The molecule has 0 unspecified atom stereocenters. The maximum atomic E-state index is 12.2. The van der Waals surface area contributed by atoms with E-state index in [4.69, 9.17) is 11.6 Å². The number of halogens is 1. The molecule has 6 nitrogen and oxygen atoms in total. The molecule has 0 aliphatic rings. The van der Waals surface area contributed by atoms with Crippen LogP contribution in [0.15, 0.2) is 54.6 Å². The van der Waals surface area contributed by atoms with Crippen LogP contribution >= 0.6 is 22.9 Å². The number of hydrogen-bond acceptors (Lipinski definition) is 5. The SMILES string of the molecule is O=C(NCc1ccccc1)c1nnc(C(=O)Nc2cccc(Cl)c2)s1. The first-order valence-corrected chi connectivity index (χ1v) is 8.54. The Bertz CT molecular complexity index is 898. The maximum Gasteiger partial charge on any atom is 0.286 e. The summed E-state index contributed by atoms with van der Waals surface area (Å²) in [5, 5.41) is 13.7. The van der Waals surface area contributed by atoms with Crippen molar-refractivity contribution in [1.82, 2.24) is 15.5 Å². The van der Waals surface area contributed by atoms with Gasteiger partial charge in [0.2, 0.25) is 10.0 Å². The van der Waals surface area contributed by atoms with Gasteiger partial charge in [0.15, 0.2) is 0 Å². The molecule has 2 N–H and O–H groups in total. The van der Waals surface area contributed by atoms with Gasteiger partial charge < -0.3 is 10.6 Å². The fourth-order valence-electron chi connectivity index (χ4n) is 2.01. The average Bonchev–Trinajstić information content (AvgIpc) is 3.11. The van der Waals surface area contributed by atoms with Crippen molar-refractivity contribution in [2.24, 2.45) is 0 Å². The molecule has 0 aliphatic carbocycles. The minimum atomic E-state index is -0.443. The van der Waals surface area contributed by atoms with Gasteiger partial charge in [-0.15, -0.1) is 10.2 Å². The van der Waals surface area contributed by atoms with Gasteiger partial charge in [-0.25, -0.2) is 0 Å². The van der Waals surface area contributed by atoms with Crippen LogP contribution in [-0.2, 0) is 6.54 Å². The van der Waals surface area contributed by atoms with E-state index in [2.05, 4.69) is 20.8 Å². The monoisotopic (exact) mass is 372 g/mol. The molecular weight excluding hydrogens is 360 g/mol. The minimum absolute atomic E-state index is 0.102. The number of nitrogens with zero attached hydrogens (tertiary/aromatic N) is 2. The summed E-state index contributed by atoms with van der Waals surface area (Å²) in [5.41, 5.74) is 1.52. The summed E-state index contributed by atoms with van der Waals surface area (Å²) in [6, 6.07) is 16.3. The third-order valence-corrected chi connectivity index (χ3v) is 4.35. The van der Waals surface area contributed by atoms with Crippen molar-refractivity contribution in [3.8, 4) is 0 Å². The molecule has 0 radical (unpaired) electrons. The van der Waals surface area contributed by atoms with Crippen LogP contribution in [0, 0.1) is 0 Å². The lowest BCUT2D eigenvalue weighted by Crippen LogP contribution is -2.22. The van der Waals surface area contributed by atoms with Crippen molar-refractivity contribution in [2.75, 3.05) is 5.32 Å². The highest BCUT2D eigenvalue weighted by atomic mass is 35.5. The van der Waals surface area contributed by atoms with Crippen LogP contribution in [0.1, 0.15) is 25.2 Å². The molecular formula is C17H13ClN4O2S. The number of anilines is 1. The van der Waals surface area contributed by atoms with E-state index in [0.717, 1.165) is 16.9 Å². The summed E-state index contributed by atoms with van der Waals surface area (Å²) in [4.78, 5) is 24.3. The fourth-order valence-corrected chi connectivity index (χ4v) is 2.86. The topological polar surface area (TPSA) is 84.0 Å². The first-order valence-electron chi connectivity index (χ1n) is 7.34. The van der Waals surface area contributed by atoms with Crippen LogP contribution in [-0.4, -0.2) is 22.0 Å². The van der Waals surface area contributed by atoms with Crippen LogP contribution in [0.3, 0.4) is 0 Å². The number of nitrogens with one attached hydrogen (secondary N) is 2. The lowest BCUT2D eigenvalue weighted by molar-refractivity contribution is 0.0948. The Morgan fingerprint density at radius 1 is 0.960 bits per heavy atom. The Kier molecular flexibility index (Phi) is 5.37. The molecule has 0 bridgehead atoms. The van der Waals surface area contributed by atoms with Crippen molar-refractivity contribution in [2.45, 2.75) is 6.54 Å². The second-order valence-corrected chi connectivity index (χ2v) is 6.46. The predicted octanol–water partition coefficient (Wildman–Crippen LogP) is 3.37. The second kappa shape index (κ2) is 7.87. The number of aromatic nitrogens is 2. The molecule has 2 amide bonds. The number of benzene rings is 2. The Hall–Kier alpha value is -2.77. The molecule has 0 spiro atoms. The van der Waals surface area contributed by atoms with Gasteiger partial charge in [0.1, 0.15) is 0 Å². The summed E-state index contributed by atoms with van der Waals surface area (Å²) >= 11 is 6.80. The van der Waals surface area contributed by atoms with Crippen molar-refractivity contribution in [3.63, 3.8) is 0 Å². The molecule has 126 valence electrons. The quantitative estimate of drug-likeness (QED) is 0.719. The fraction of sp³-hybridized carbons (Fsp3) is 0.0588. The van der Waals surface area contributed by atoms with E-state index in [9.17, 15) is 9.59 Å². The number of hydrogen-bond donors (Lipinski definition) is 2. The predicted molar refractivity (Wildman–Crippen MR) is 96.9 cm³/mol. The van der Waals surface area contributed by atoms with E-state index >= 15 is 0 Å². The van der Waals surface area contributed by atoms with Gasteiger partial charge in [-0.05, 0) is 23.8 Å². The second-order valence-electron chi connectivity index (χ2n) is 5.05. The highest BCUT2D eigenvalue weighted by Crippen LogP contribution is 2.17. The van der Waals surface area contributed by atoms with E-state index < -0.39 is 5.91 Å². The largest absolute Gasteiger partial charge is 0.346 e. The number of carbonyl (C=O) groups is 2. The lowest BCUT2D eigenvalue weighted by Gasteiger charge is -2.02. The molecule has 0 fully saturated rings. The van der Waals surface area contributed by atoms with E-state index in [-0.39, 0.29) is 15.9 Å². The van der Waals surface area contributed by atoms with Gasteiger partial charge in [0, 0.05) is 17.3 Å². The number of carbonyl (C=O) groups excluding carboxylic acids is 2. The first-order chi connectivity index (χ1) is 12.1. The molecule has 0 aliphatic heterocycles. The van der Waals surface area contributed by atoms with Gasteiger partial charge in [0.05, 0.1) is 0 Å². The Morgan fingerprint density at radius 2 is 1.68 bits per heavy atom. The molecule has 1 heterocycles. The molecule has 25 heavy (non-hydrogen) atoms. The zero-order chi connectivity index (χ0) is 17.6. The zero-order valence-corrected chi connectivity index (χ0v) is 14.5. The van der Waals surface area contributed by atoms with Crippen LogP contribution in [0.25, 0.3) is 0 Å². The Morgan fingerprint density at radius 3 is 2.40 bits per heavy atom. The average molecular weight is 373 g/mol. The molecule has 0 saturated carbocycles. The van der Waals surface area contributed by atoms with Crippen molar-refractivity contribution < 1.29 is 9.59 Å².